The van der Waals surface area contributed by atoms with Gasteiger partial charge in [-0.1, -0.05) is 30.3 Å². The number of alkyl halides is 3. The van der Waals surface area contributed by atoms with Gasteiger partial charge in [0.2, 0.25) is 0 Å². The average molecular weight is 509 g/mol. The van der Waals surface area contributed by atoms with Gasteiger partial charge < -0.3 is 4.57 Å². The van der Waals surface area contributed by atoms with Gasteiger partial charge in [0.25, 0.3) is 0 Å². The van der Waals surface area contributed by atoms with Gasteiger partial charge in [0.1, 0.15) is 12.2 Å². The first-order valence-electron chi connectivity index (χ1n) is 10.8. The van der Waals surface area contributed by atoms with Crippen LogP contribution in [0.3, 0.4) is 0 Å². The van der Waals surface area contributed by atoms with Crippen LogP contribution in [0.2, 0.25) is 0 Å². The summed E-state index contributed by atoms with van der Waals surface area (Å²) in [6, 6.07) is 15.2. The molecule has 6 nitrogen and oxygen atoms in total. The van der Waals surface area contributed by atoms with E-state index in [2.05, 4.69) is 15.0 Å². The molecule has 0 saturated carbocycles. The third-order valence-corrected chi connectivity index (χ3v) is 7.54. The Morgan fingerprint density at radius 2 is 1.72 bits per heavy atom. The highest BCUT2D eigenvalue weighted by Gasteiger charge is 2.32. The van der Waals surface area contributed by atoms with Gasteiger partial charge in [0, 0.05) is 31.2 Å². The number of aromatic nitrogens is 4. The first-order chi connectivity index (χ1) is 17.1. The molecule has 5 aromatic rings. The highest BCUT2D eigenvalue weighted by Crippen LogP contribution is 2.40. The fourth-order valence-corrected chi connectivity index (χ4v) is 5.45. The second-order valence-corrected chi connectivity index (χ2v) is 10.3. The molecule has 0 spiro atoms. The molecule has 0 atom stereocenters. The van der Waals surface area contributed by atoms with Crippen LogP contribution in [0.4, 0.5) is 13.2 Å². The molecule has 182 valence electrons. The fourth-order valence-electron chi connectivity index (χ4n) is 4.14. The maximum atomic E-state index is 13.5. The number of halogens is 3. The maximum absolute atomic E-state index is 13.5. The molecule has 0 aliphatic rings. The predicted octanol–water partition coefficient (Wildman–Crippen LogP) is 5.69. The van der Waals surface area contributed by atoms with Gasteiger partial charge >= 0.3 is 6.18 Å². The van der Waals surface area contributed by atoms with Crippen molar-refractivity contribution in [2.45, 2.75) is 16.8 Å². The Morgan fingerprint density at radius 1 is 0.889 bits per heavy atom. The normalized spacial score (nSPS) is 12.2. The smallest absolute Gasteiger partial charge is 0.334 e. The molecule has 0 fully saturated rings. The van der Waals surface area contributed by atoms with E-state index < -0.39 is 21.6 Å². The number of imidazole rings is 1. The van der Waals surface area contributed by atoms with Crippen LogP contribution in [0.1, 0.15) is 11.3 Å². The number of benzene rings is 3. The van der Waals surface area contributed by atoms with E-state index in [1.165, 1.54) is 30.9 Å². The van der Waals surface area contributed by atoms with E-state index in [0.29, 0.717) is 39.0 Å². The second kappa shape index (κ2) is 8.87. The number of nitrogens with zero attached hydrogens (tertiary/aromatic N) is 4. The molecule has 10 heteroatoms. The van der Waals surface area contributed by atoms with Crippen LogP contribution in [-0.4, -0.2) is 27.9 Å². The Balaban J connectivity index is 1.64. The topological polar surface area (TPSA) is 77.7 Å². The van der Waals surface area contributed by atoms with E-state index in [-0.39, 0.29) is 10.6 Å². The summed E-state index contributed by atoms with van der Waals surface area (Å²) in [5.41, 5.74) is 1.15. The van der Waals surface area contributed by atoms with Crippen molar-refractivity contribution in [1.82, 2.24) is 19.5 Å². The lowest BCUT2D eigenvalue weighted by molar-refractivity contribution is -0.137. The van der Waals surface area contributed by atoms with Crippen molar-refractivity contribution < 1.29 is 21.6 Å². The summed E-state index contributed by atoms with van der Waals surface area (Å²) in [7, 11) is -1.97. The van der Waals surface area contributed by atoms with E-state index in [4.69, 9.17) is 0 Å². The zero-order valence-electron chi connectivity index (χ0n) is 18.9. The lowest BCUT2D eigenvalue weighted by Gasteiger charge is -2.16. The quantitative estimate of drug-likeness (QED) is 0.305. The molecule has 36 heavy (non-hydrogen) atoms. The van der Waals surface area contributed by atoms with E-state index in [9.17, 15) is 21.6 Å². The Morgan fingerprint density at radius 3 is 2.42 bits per heavy atom. The maximum Gasteiger partial charge on any atom is 0.416 e. The lowest BCUT2D eigenvalue weighted by Crippen LogP contribution is -2.07. The van der Waals surface area contributed by atoms with Crippen molar-refractivity contribution in [2.24, 2.45) is 7.05 Å². The predicted molar refractivity (Wildman–Crippen MR) is 130 cm³/mol. The van der Waals surface area contributed by atoms with Crippen LogP contribution < -0.4 is 0 Å². The van der Waals surface area contributed by atoms with Gasteiger partial charge in [0.15, 0.2) is 9.84 Å². The molecule has 0 bridgehead atoms. The van der Waals surface area contributed by atoms with Gasteiger partial charge in [-0.15, -0.1) is 0 Å². The Labute approximate surface area is 205 Å². The summed E-state index contributed by atoms with van der Waals surface area (Å²) in [6.07, 6.45) is 1.45. The molecule has 0 saturated heterocycles. The fraction of sp³-hybridized carbons (Fsp3) is 0.115. The number of rotatable bonds is 5. The van der Waals surface area contributed by atoms with E-state index in [1.807, 2.05) is 0 Å². The molecule has 2 heterocycles. The summed E-state index contributed by atoms with van der Waals surface area (Å²) >= 11 is 0. The van der Waals surface area contributed by atoms with Crippen molar-refractivity contribution >= 4 is 20.6 Å². The van der Waals surface area contributed by atoms with Crippen LogP contribution in [0.5, 0.6) is 0 Å². The van der Waals surface area contributed by atoms with Crippen molar-refractivity contribution in [3.63, 3.8) is 0 Å². The van der Waals surface area contributed by atoms with Crippen molar-refractivity contribution in [3.8, 4) is 22.5 Å². The lowest BCUT2D eigenvalue weighted by atomic mass is 9.93. The third kappa shape index (κ3) is 4.47. The minimum atomic E-state index is -4.51. The van der Waals surface area contributed by atoms with Crippen LogP contribution in [0, 0.1) is 0 Å². The van der Waals surface area contributed by atoms with Crippen molar-refractivity contribution in [1.29, 1.82) is 0 Å². The van der Waals surface area contributed by atoms with Gasteiger partial charge in [-0.05, 0) is 52.2 Å². The van der Waals surface area contributed by atoms with Crippen LogP contribution in [0.15, 0.2) is 90.5 Å². The third-order valence-electron chi connectivity index (χ3n) is 5.89. The van der Waals surface area contributed by atoms with E-state index in [0.717, 1.165) is 12.1 Å². The minimum absolute atomic E-state index is 0.127. The number of hydrogen-bond acceptors (Lipinski definition) is 5. The van der Waals surface area contributed by atoms with Crippen LogP contribution in [0.25, 0.3) is 33.3 Å². The first kappa shape index (κ1) is 23.7. The average Bonchev–Trinajstić information content (AvgIpc) is 3.28. The molecule has 0 amide bonds. The SMILES string of the molecule is Cn1ccnc1-c1cc(C(F)(F)F)ccc1-c1cccc2cc(S(=O)(=O)Cc3ccncn3)ccc12. The summed E-state index contributed by atoms with van der Waals surface area (Å²) in [4.78, 5) is 12.2. The highest BCUT2D eigenvalue weighted by molar-refractivity contribution is 7.90. The molecular formula is C26H19F3N4O2S. The molecule has 0 aliphatic carbocycles. The Kier molecular flexibility index (Phi) is 5.83. The highest BCUT2D eigenvalue weighted by atomic mass is 32.2. The zero-order valence-corrected chi connectivity index (χ0v) is 19.8. The number of hydrogen-bond donors (Lipinski definition) is 0. The molecule has 3 aromatic carbocycles. The van der Waals surface area contributed by atoms with E-state index in [1.54, 1.807) is 54.2 Å². The monoisotopic (exact) mass is 508 g/mol. The number of sulfone groups is 1. The van der Waals surface area contributed by atoms with E-state index >= 15 is 0 Å². The summed E-state index contributed by atoms with van der Waals surface area (Å²) in [5, 5.41) is 1.34. The second-order valence-electron chi connectivity index (χ2n) is 8.27. The standard InChI is InChI=1S/C26H19F3N4O2S/c1-33-12-11-31-25(33)24-14-18(26(27,28)29)5-7-23(24)22-4-2-3-17-13-20(6-8-21(17)22)36(34,35)15-19-9-10-30-16-32-19/h2-14,16H,15H2,1H3. The molecule has 5 rings (SSSR count). The molecular weight excluding hydrogens is 489 g/mol. The summed E-state index contributed by atoms with van der Waals surface area (Å²) in [6.45, 7) is 0. The molecule has 0 unspecified atom stereocenters. The first-order valence-corrected chi connectivity index (χ1v) is 12.5. The van der Waals surface area contributed by atoms with Gasteiger partial charge in [-0.3, -0.25) is 0 Å². The Bertz CT molecular complexity index is 1680. The Hall–Kier alpha value is -4.05. The van der Waals surface area contributed by atoms with Crippen LogP contribution >= 0.6 is 0 Å². The minimum Gasteiger partial charge on any atom is -0.334 e. The summed E-state index contributed by atoms with van der Waals surface area (Å²) < 4.78 is 68.2. The molecule has 2 aromatic heterocycles. The van der Waals surface area contributed by atoms with Crippen LogP contribution in [-0.2, 0) is 28.8 Å². The largest absolute Gasteiger partial charge is 0.416 e. The van der Waals surface area contributed by atoms with Gasteiger partial charge in [-0.25, -0.2) is 23.4 Å². The zero-order chi connectivity index (χ0) is 25.5. The molecule has 0 aliphatic heterocycles. The van der Waals surface area contributed by atoms with Gasteiger partial charge in [0.05, 0.1) is 21.9 Å². The summed E-state index contributed by atoms with van der Waals surface area (Å²) in [5.74, 6) is 0.111. The van der Waals surface area contributed by atoms with Crippen molar-refractivity contribution in [2.75, 3.05) is 0 Å². The number of fused-ring (bicyclic) bond motifs is 1. The molecule has 0 N–H and O–H groups in total. The molecule has 0 radical (unpaired) electrons. The number of aryl methyl sites for hydroxylation is 1. The van der Waals surface area contributed by atoms with Gasteiger partial charge in [-0.2, -0.15) is 13.2 Å². The van der Waals surface area contributed by atoms with Crippen molar-refractivity contribution in [3.05, 3.63) is 96.8 Å².